The highest BCUT2D eigenvalue weighted by Gasteiger charge is 2.14. The number of rotatable bonds is 2. The third-order valence-corrected chi connectivity index (χ3v) is 4.93. The Labute approximate surface area is 125 Å². The summed E-state index contributed by atoms with van der Waals surface area (Å²) in [5.41, 5.74) is 3.20. The number of thiophene rings is 1. The van der Waals surface area contributed by atoms with Crippen LogP contribution in [-0.2, 0) is 0 Å². The van der Waals surface area contributed by atoms with Crippen LogP contribution in [-0.4, -0.2) is 4.98 Å². The first kappa shape index (κ1) is 12.3. The maximum atomic E-state index is 11.1. The van der Waals surface area contributed by atoms with Gasteiger partial charge in [-0.15, -0.1) is 22.9 Å². The van der Waals surface area contributed by atoms with Crippen LogP contribution in [0.4, 0.5) is 0 Å². The van der Waals surface area contributed by atoms with Crippen molar-refractivity contribution < 1.29 is 4.42 Å². The van der Waals surface area contributed by atoms with E-state index in [1.807, 2.05) is 17.5 Å². The summed E-state index contributed by atoms with van der Waals surface area (Å²) in [7, 11) is 0. The monoisotopic (exact) mass is 391 g/mol. The summed E-state index contributed by atoms with van der Waals surface area (Å²) in [4.78, 5) is 13.7. The quantitative estimate of drug-likeness (QED) is 0.528. The zero-order chi connectivity index (χ0) is 12.7. The zero-order valence-corrected chi connectivity index (χ0v) is 12.7. The molecule has 0 aliphatic carbocycles. The van der Waals surface area contributed by atoms with Gasteiger partial charge in [-0.1, -0.05) is 6.07 Å². The predicted molar refractivity (Wildman–Crippen MR) is 81.6 cm³/mol. The molecule has 0 amide bonds. The summed E-state index contributed by atoms with van der Waals surface area (Å²) in [5, 5.41) is 1.81. The van der Waals surface area contributed by atoms with Gasteiger partial charge in [0.2, 0.25) is 0 Å². The second kappa shape index (κ2) is 4.71. The largest absolute Gasteiger partial charge is 0.417 e. The van der Waals surface area contributed by atoms with Crippen molar-refractivity contribution in [3.8, 4) is 0 Å². The average molecular weight is 392 g/mol. The minimum Gasteiger partial charge on any atom is -0.408 e. The van der Waals surface area contributed by atoms with Crippen molar-refractivity contribution in [2.75, 3.05) is 0 Å². The van der Waals surface area contributed by atoms with E-state index >= 15 is 0 Å². The summed E-state index contributed by atoms with van der Waals surface area (Å²) in [6.07, 6.45) is 0. The molecule has 92 valence electrons. The molecule has 0 saturated heterocycles. The lowest BCUT2D eigenvalue weighted by Gasteiger charge is -2.07. The van der Waals surface area contributed by atoms with Crippen LogP contribution in [0.3, 0.4) is 0 Å². The number of fused-ring (bicyclic) bond motifs is 1. The molecule has 2 heterocycles. The Balaban J connectivity index is 2.05. The van der Waals surface area contributed by atoms with Crippen molar-refractivity contribution in [1.29, 1.82) is 0 Å². The number of hydrogen-bond acceptors (Lipinski definition) is 3. The molecule has 0 spiro atoms. The number of halogens is 2. The number of nitrogens with one attached hydrogen (secondary N) is 1. The van der Waals surface area contributed by atoms with Crippen LogP contribution in [0.2, 0.25) is 0 Å². The number of hydrogen-bond donors (Lipinski definition) is 1. The number of aromatic amines is 1. The first-order valence-corrected chi connectivity index (χ1v) is 7.54. The molecule has 0 bridgehead atoms. The Hall–Kier alpha value is -0.790. The van der Waals surface area contributed by atoms with Gasteiger partial charge in [-0.3, -0.25) is 4.98 Å². The van der Waals surface area contributed by atoms with Gasteiger partial charge < -0.3 is 4.42 Å². The molecule has 3 rings (SSSR count). The van der Waals surface area contributed by atoms with Gasteiger partial charge in [0.05, 0.1) is 13.8 Å². The van der Waals surface area contributed by atoms with Gasteiger partial charge in [-0.05, 0) is 57.3 Å². The maximum Gasteiger partial charge on any atom is 0.417 e. The van der Waals surface area contributed by atoms with Gasteiger partial charge in [0.15, 0.2) is 5.58 Å². The Bertz CT molecular complexity index is 761. The first-order valence-electron chi connectivity index (χ1n) is 5.14. The molecule has 0 aliphatic heterocycles. The summed E-state index contributed by atoms with van der Waals surface area (Å²) < 4.78 is 6.23. The fourth-order valence-electron chi connectivity index (χ4n) is 1.77. The molecule has 6 heteroatoms. The van der Waals surface area contributed by atoms with E-state index in [0.29, 0.717) is 11.1 Å². The molecule has 0 radical (unpaired) electrons. The van der Waals surface area contributed by atoms with Crippen molar-refractivity contribution in [1.82, 2.24) is 4.98 Å². The Kier molecular flexibility index (Phi) is 3.21. The smallest absolute Gasteiger partial charge is 0.408 e. The van der Waals surface area contributed by atoms with Crippen molar-refractivity contribution in [2.24, 2.45) is 0 Å². The fourth-order valence-corrected chi connectivity index (χ4v) is 3.50. The van der Waals surface area contributed by atoms with E-state index in [2.05, 4.69) is 33.6 Å². The van der Waals surface area contributed by atoms with Crippen LogP contribution in [0.5, 0.6) is 0 Å². The average Bonchev–Trinajstić information content (AvgIpc) is 2.92. The van der Waals surface area contributed by atoms with Crippen molar-refractivity contribution in [2.45, 2.75) is 5.38 Å². The Morgan fingerprint density at radius 1 is 1.33 bits per heavy atom. The van der Waals surface area contributed by atoms with E-state index < -0.39 is 5.76 Å². The second-order valence-corrected chi connectivity index (χ2v) is 7.06. The van der Waals surface area contributed by atoms with Crippen LogP contribution >= 0.6 is 45.5 Å². The van der Waals surface area contributed by atoms with E-state index in [4.69, 9.17) is 16.0 Å². The SMILES string of the molecule is O=c1[nH]c2ccc(C(Cl)c3csc(I)c3)cc2o1. The van der Waals surface area contributed by atoms with Crippen LogP contribution in [0.15, 0.2) is 38.9 Å². The normalized spacial score (nSPS) is 13.0. The highest BCUT2D eigenvalue weighted by Crippen LogP contribution is 2.33. The van der Waals surface area contributed by atoms with Crippen LogP contribution in [0.25, 0.3) is 11.1 Å². The molecule has 1 aromatic carbocycles. The van der Waals surface area contributed by atoms with E-state index in [-0.39, 0.29) is 5.38 Å². The minimum atomic E-state index is -0.446. The van der Waals surface area contributed by atoms with Gasteiger partial charge >= 0.3 is 5.76 Å². The maximum absolute atomic E-state index is 11.1. The lowest BCUT2D eigenvalue weighted by Crippen LogP contribution is -1.92. The molecule has 1 unspecified atom stereocenters. The standard InChI is InChI=1S/C12H7ClINO2S/c13-11(7-4-10(14)18-5-7)6-1-2-8-9(3-6)17-12(16)15-8/h1-5,11H,(H,15,16). The van der Waals surface area contributed by atoms with Gasteiger partial charge in [-0.2, -0.15) is 0 Å². The van der Waals surface area contributed by atoms with Crippen molar-refractivity contribution in [3.05, 3.63) is 54.2 Å². The zero-order valence-electron chi connectivity index (χ0n) is 8.94. The third kappa shape index (κ3) is 2.22. The van der Waals surface area contributed by atoms with E-state index in [1.165, 1.54) is 2.88 Å². The number of alkyl halides is 1. The summed E-state index contributed by atoms with van der Waals surface area (Å²) in [5.74, 6) is -0.446. The van der Waals surface area contributed by atoms with Crippen molar-refractivity contribution in [3.63, 3.8) is 0 Å². The van der Waals surface area contributed by atoms with E-state index in [0.717, 1.165) is 11.1 Å². The van der Waals surface area contributed by atoms with Crippen molar-refractivity contribution >= 4 is 56.6 Å². The molecule has 3 nitrogen and oxygen atoms in total. The third-order valence-electron chi connectivity index (χ3n) is 2.62. The minimum absolute atomic E-state index is 0.227. The van der Waals surface area contributed by atoms with Crippen LogP contribution < -0.4 is 5.76 Å². The topological polar surface area (TPSA) is 46.0 Å². The molecule has 18 heavy (non-hydrogen) atoms. The predicted octanol–water partition coefficient (Wildman–Crippen LogP) is 4.12. The highest BCUT2D eigenvalue weighted by atomic mass is 127. The number of oxazole rings is 1. The van der Waals surface area contributed by atoms with Gasteiger partial charge in [0.25, 0.3) is 0 Å². The molecule has 0 aliphatic rings. The summed E-state index contributed by atoms with van der Waals surface area (Å²) in [6.45, 7) is 0. The molecule has 3 aromatic rings. The Morgan fingerprint density at radius 3 is 2.89 bits per heavy atom. The number of H-pyrrole nitrogens is 1. The molecule has 2 aromatic heterocycles. The molecule has 1 N–H and O–H groups in total. The summed E-state index contributed by atoms with van der Waals surface area (Å²) >= 11 is 10.3. The number of benzene rings is 1. The van der Waals surface area contributed by atoms with Gasteiger partial charge in [0, 0.05) is 0 Å². The molecule has 0 fully saturated rings. The lowest BCUT2D eigenvalue weighted by molar-refractivity contribution is 0.555. The summed E-state index contributed by atoms with van der Waals surface area (Å²) in [6, 6.07) is 7.56. The molecular weight excluding hydrogens is 385 g/mol. The first-order chi connectivity index (χ1) is 8.63. The second-order valence-electron chi connectivity index (χ2n) is 3.82. The van der Waals surface area contributed by atoms with Crippen LogP contribution in [0.1, 0.15) is 16.5 Å². The molecular formula is C12H7ClINO2S. The fraction of sp³-hybridized carbons (Fsp3) is 0.0833. The molecule has 0 saturated carbocycles. The Morgan fingerprint density at radius 2 is 2.17 bits per heavy atom. The van der Waals surface area contributed by atoms with Crippen LogP contribution in [0, 0.1) is 2.88 Å². The molecule has 1 atom stereocenters. The number of aromatic nitrogens is 1. The van der Waals surface area contributed by atoms with Gasteiger partial charge in [-0.25, -0.2) is 4.79 Å². The van der Waals surface area contributed by atoms with Gasteiger partial charge in [0.1, 0.15) is 0 Å². The lowest BCUT2D eigenvalue weighted by atomic mass is 10.1. The van der Waals surface area contributed by atoms with E-state index in [9.17, 15) is 4.79 Å². The highest BCUT2D eigenvalue weighted by molar-refractivity contribution is 14.1. The van der Waals surface area contributed by atoms with E-state index in [1.54, 1.807) is 17.4 Å².